The largest absolute Gasteiger partial charge is 0.390 e. The molecule has 0 aromatic rings. The van der Waals surface area contributed by atoms with Crippen molar-refractivity contribution in [2.75, 3.05) is 20.1 Å². The van der Waals surface area contributed by atoms with Crippen molar-refractivity contribution < 1.29 is 9.90 Å². The van der Waals surface area contributed by atoms with Gasteiger partial charge in [0, 0.05) is 25.6 Å². The minimum Gasteiger partial charge on any atom is -0.390 e. The summed E-state index contributed by atoms with van der Waals surface area (Å²) in [6.07, 6.45) is 5.12. The third kappa shape index (κ3) is 2.47. The van der Waals surface area contributed by atoms with Crippen molar-refractivity contribution in [1.82, 2.24) is 10.2 Å². The van der Waals surface area contributed by atoms with Gasteiger partial charge in [-0.25, -0.2) is 0 Å². The van der Waals surface area contributed by atoms with Crippen LogP contribution in [0.5, 0.6) is 0 Å². The number of hydrogen-bond acceptors (Lipinski definition) is 3. The molecule has 1 heterocycles. The van der Waals surface area contributed by atoms with Gasteiger partial charge in [-0.2, -0.15) is 0 Å². The number of carbonyl (C=O) groups excluding carboxylic acids is 1. The summed E-state index contributed by atoms with van der Waals surface area (Å²) in [5.41, 5.74) is -0.199. The van der Waals surface area contributed by atoms with Crippen molar-refractivity contribution in [1.29, 1.82) is 0 Å². The molecular weight excluding hydrogens is 216 g/mol. The lowest BCUT2D eigenvalue weighted by atomic mass is 9.74. The molecule has 2 N–H and O–H groups in total. The summed E-state index contributed by atoms with van der Waals surface area (Å²) < 4.78 is 0. The first kappa shape index (κ1) is 12.8. The molecule has 4 heteroatoms. The SMILES string of the molecule is CN(C(=O)C1(C)CCCCC1)[C@H]1CNC[C@@H]1O. The van der Waals surface area contributed by atoms with Gasteiger partial charge in [0.1, 0.15) is 0 Å². The zero-order chi connectivity index (χ0) is 12.5. The monoisotopic (exact) mass is 240 g/mol. The van der Waals surface area contributed by atoms with Crippen molar-refractivity contribution >= 4 is 5.91 Å². The first-order valence-electron chi connectivity index (χ1n) is 6.71. The smallest absolute Gasteiger partial charge is 0.228 e. The number of β-amino-alcohol motifs (C(OH)–C–C–N with tert-alkyl or cyclic N) is 1. The van der Waals surface area contributed by atoms with E-state index in [0.29, 0.717) is 13.1 Å². The molecule has 1 saturated carbocycles. The molecule has 0 spiro atoms. The highest BCUT2D eigenvalue weighted by Gasteiger charge is 2.40. The highest BCUT2D eigenvalue weighted by Crippen LogP contribution is 2.37. The maximum absolute atomic E-state index is 12.5. The van der Waals surface area contributed by atoms with E-state index < -0.39 is 6.10 Å². The van der Waals surface area contributed by atoms with E-state index in [0.717, 1.165) is 25.7 Å². The van der Waals surface area contributed by atoms with Gasteiger partial charge in [-0.1, -0.05) is 26.2 Å². The summed E-state index contributed by atoms with van der Waals surface area (Å²) in [7, 11) is 1.84. The Morgan fingerprint density at radius 1 is 1.29 bits per heavy atom. The fourth-order valence-corrected chi connectivity index (χ4v) is 3.17. The van der Waals surface area contributed by atoms with Crippen LogP contribution in [0.4, 0.5) is 0 Å². The highest BCUT2D eigenvalue weighted by molar-refractivity contribution is 5.82. The van der Waals surface area contributed by atoms with Crippen LogP contribution in [-0.2, 0) is 4.79 Å². The quantitative estimate of drug-likeness (QED) is 0.749. The van der Waals surface area contributed by atoms with E-state index in [-0.39, 0.29) is 17.4 Å². The molecule has 0 radical (unpaired) electrons. The lowest BCUT2D eigenvalue weighted by Gasteiger charge is -2.38. The number of amides is 1. The van der Waals surface area contributed by atoms with Gasteiger partial charge in [0.2, 0.25) is 5.91 Å². The first-order valence-corrected chi connectivity index (χ1v) is 6.71. The van der Waals surface area contributed by atoms with Crippen molar-refractivity contribution in [3.8, 4) is 0 Å². The number of hydrogen-bond donors (Lipinski definition) is 2. The van der Waals surface area contributed by atoms with Crippen molar-refractivity contribution in [2.24, 2.45) is 5.41 Å². The van der Waals surface area contributed by atoms with Gasteiger partial charge in [0.05, 0.1) is 12.1 Å². The molecule has 2 atom stereocenters. The average Bonchev–Trinajstić information content (AvgIpc) is 2.74. The lowest BCUT2D eigenvalue weighted by molar-refractivity contribution is -0.145. The van der Waals surface area contributed by atoms with E-state index in [9.17, 15) is 9.90 Å². The Balaban J connectivity index is 2.03. The Hall–Kier alpha value is -0.610. The number of nitrogens with zero attached hydrogens (tertiary/aromatic N) is 1. The molecule has 98 valence electrons. The van der Waals surface area contributed by atoms with E-state index in [1.54, 1.807) is 4.90 Å². The molecule has 1 saturated heterocycles. The van der Waals surface area contributed by atoms with Crippen LogP contribution in [0.25, 0.3) is 0 Å². The Morgan fingerprint density at radius 2 is 1.94 bits per heavy atom. The second-order valence-electron chi connectivity index (χ2n) is 5.83. The van der Waals surface area contributed by atoms with E-state index in [1.807, 2.05) is 7.05 Å². The summed E-state index contributed by atoms with van der Waals surface area (Å²) in [6.45, 7) is 3.39. The van der Waals surface area contributed by atoms with Crippen LogP contribution in [0, 0.1) is 5.41 Å². The molecule has 2 rings (SSSR count). The van der Waals surface area contributed by atoms with Crippen LogP contribution in [0.15, 0.2) is 0 Å². The summed E-state index contributed by atoms with van der Waals surface area (Å²) in [6, 6.07) is -0.0544. The van der Waals surface area contributed by atoms with Crippen LogP contribution >= 0.6 is 0 Å². The Labute approximate surface area is 103 Å². The van der Waals surface area contributed by atoms with Crippen LogP contribution in [0.1, 0.15) is 39.0 Å². The van der Waals surface area contributed by atoms with Gasteiger partial charge in [-0.15, -0.1) is 0 Å². The van der Waals surface area contributed by atoms with Crippen molar-refractivity contribution in [3.05, 3.63) is 0 Å². The maximum Gasteiger partial charge on any atom is 0.228 e. The standard InChI is InChI=1S/C13H24N2O2/c1-13(6-4-3-5-7-13)12(17)15(2)10-8-14-9-11(10)16/h10-11,14,16H,3-9H2,1-2H3/t10-,11-/m0/s1. The first-order chi connectivity index (χ1) is 8.04. The van der Waals surface area contributed by atoms with E-state index in [2.05, 4.69) is 12.2 Å². The third-order valence-electron chi connectivity index (χ3n) is 4.44. The molecule has 1 amide bonds. The number of aliphatic hydroxyl groups is 1. The van der Waals surface area contributed by atoms with Gasteiger partial charge in [-0.3, -0.25) is 4.79 Å². The maximum atomic E-state index is 12.5. The summed E-state index contributed by atoms with van der Waals surface area (Å²) in [5.74, 6) is 0.213. The molecular formula is C13H24N2O2. The molecule has 4 nitrogen and oxygen atoms in total. The predicted octanol–water partition coefficient (Wildman–Crippen LogP) is 0.748. The summed E-state index contributed by atoms with van der Waals surface area (Å²) in [5, 5.41) is 13.0. The highest BCUT2D eigenvalue weighted by atomic mass is 16.3. The molecule has 2 aliphatic rings. The number of aliphatic hydroxyl groups excluding tert-OH is 1. The van der Waals surface area contributed by atoms with Crippen molar-refractivity contribution in [2.45, 2.75) is 51.2 Å². The molecule has 0 aromatic heterocycles. The second-order valence-corrected chi connectivity index (χ2v) is 5.83. The zero-order valence-electron chi connectivity index (χ0n) is 10.9. The Bertz CT molecular complexity index is 287. The average molecular weight is 240 g/mol. The molecule has 0 unspecified atom stereocenters. The van der Waals surface area contributed by atoms with E-state index >= 15 is 0 Å². The predicted molar refractivity (Wildman–Crippen MR) is 66.6 cm³/mol. The van der Waals surface area contributed by atoms with Crippen molar-refractivity contribution in [3.63, 3.8) is 0 Å². The van der Waals surface area contributed by atoms with Crippen LogP contribution in [0.2, 0.25) is 0 Å². The fraction of sp³-hybridized carbons (Fsp3) is 0.923. The minimum atomic E-state index is -0.420. The zero-order valence-corrected chi connectivity index (χ0v) is 10.9. The number of nitrogens with one attached hydrogen (secondary N) is 1. The number of rotatable bonds is 2. The van der Waals surface area contributed by atoms with E-state index in [1.165, 1.54) is 6.42 Å². The summed E-state index contributed by atoms with van der Waals surface area (Å²) in [4.78, 5) is 14.3. The third-order valence-corrected chi connectivity index (χ3v) is 4.44. The van der Waals surface area contributed by atoms with Gasteiger partial charge in [0.25, 0.3) is 0 Å². The van der Waals surface area contributed by atoms with Gasteiger partial charge in [0.15, 0.2) is 0 Å². The molecule has 1 aliphatic heterocycles. The molecule has 0 bridgehead atoms. The topological polar surface area (TPSA) is 52.6 Å². The van der Waals surface area contributed by atoms with Crippen LogP contribution in [-0.4, -0.2) is 48.2 Å². The normalized spacial score (nSPS) is 32.4. The minimum absolute atomic E-state index is 0.0544. The van der Waals surface area contributed by atoms with Crippen LogP contribution < -0.4 is 5.32 Å². The molecule has 0 aromatic carbocycles. The Kier molecular flexibility index (Phi) is 3.73. The van der Waals surface area contributed by atoms with Gasteiger partial charge in [-0.05, 0) is 12.8 Å². The summed E-state index contributed by atoms with van der Waals surface area (Å²) >= 11 is 0. The molecule has 2 fully saturated rings. The molecule has 1 aliphatic carbocycles. The Morgan fingerprint density at radius 3 is 2.47 bits per heavy atom. The lowest BCUT2D eigenvalue weighted by Crippen LogP contribution is -2.50. The second kappa shape index (κ2) is 4.94. The fourth-order valence-electron chi connectivity index (χ4n) is 3.17. The van der Waals surface area contributed by atoms with Gasteiger partial charge < -0.3 is 15.3 Å². The number of likely N-dealkylation sites (N-methyl/N-ethyl adjacent to an activating group) is 1. The van der Waals surface area contributed by atoms with Gasteiger partial charge >= 0.3 is 0 Å². The van der Waals surface area contributed by atoms with E-state index in [4.69, 9.17) is 0 Å². The molecule has 17 heavy (non-hydrogen) atoms. The number of carbonyl (C=O) groups is 1. The van der Waals surface area contributed by atoms with Crippen LogP contribution in [0.3, 0.4) is 0 Å².